The van der Waals surface area contributed by atoms with Crippen molar-refractivity contribution < 1.29 is 8.42 Å². The quantitative estimate of drug-likeness (QED) is 0.308. The van der Waals surface area contributed by atoms with Crippen LogP contribution in [-0.4, -0.2) is 23.6 Å². The van der Waals surface area contributed by atoms with Crippen molar-refractivity contribution in [3.05, 3.63) is 108 Å². The molecule has 0 unspecified atom stereocenters. The molecule has 5 rings (SSSR count). The van der Waals surface area contributed by atoms with Gasteiger partial charge in [0, 0.05) is 41.0 Å². The number of aromatic nitrogens is 3. The van der Waals surface area contributed by atoms with Crippen LogP contribution in [-0.2, 0) is 16.6 Å². The molecule has 180 valence electrons. The molecule has 2 aromatic heterocycles. The molecular weight excluding hydrogens is 470 g/mol. The van der Waals surface area contributed by atoms with Crippen LogP contribution in [0.5, 0.6) is 0 Å². The summed E-state index contributed by atoms with van der Waals surface area (Å²) in [7, 11) is -3.76. The number of hydrogen-bond donors (Lipinski definition) is 2. The van der Waals surface area contributed by atoms with Crippen LogP contribution < -0.4 is 10.0 Å². The largest absolute Gasteiger partial charge is 0.338 e. The lowest BCUT2D eigenvalue weighted by atomic mass is 10.0. The third-order valence-electron chi connectivity index (χ3n) is 5.94. The van der Waals surface area contributed by atoms with E-state index in [1.54, 1.807) is 37.5 Å². The molecule has 0 spiro atoms. The van der Waals surface area contributed by atoms with Gasteiger partial charge in [-0.2, -0.15) is 0 Å². The number of nitrogens with zero attached hydrogens (tertiary/aromatic N) is 3. The monoisotopic (exact) mass is 495 g/mol. The minimum Gasteiger partial charge on any atom is -0.338 e. The Morgan fingerprint density at radius 1 is 0.833 bits per heavy atom. The van der Waals surface area contributed by atoms with E-state index in [-0.39, 0.29) is 11.4 Å². The highest BCUT2D eigenvalue weighted by molar-refractivity contribution is 7.89. The number of rotatable bonds is 7. The van der Waals surface area contributed by atoms with Crippen LogP contribution in [0.3, 0.4) is 0 Å². The maximum Gasteiger partial charge on any atom is 0.241 e. The second kappa shape index (κ2) is 9.85. The van der Waals surface area contributed by atoms with Crippen molar-refractivity contribution in [2.45, 2.75) is 25.3 Å². The molecule has 0 fully saturated rings. The van der Waals surface area contributed by atoms with Crippen molar-refractivity contribution in [2.24, 2.45) is 0 Å². The van der Waals surface area contributed by atoms with Gasteiger partial charge in [-0.05, 0) is 49.2 Å². The predicted molar refractivity (Wildman–Crippen MR) is 142 cm³/mol. The summed E-state index contributed by atoms with van der Waals surface area (Å²) in [6.07, 6.45) is 3.29. The molecule has 0 amide bonds. The van der Waals surface area contributed by atoms with Gasteiger partial charge < -0.3 is 5.32 Å². The first-order valence-electron chi connectivity index (χ1n) is 11.5. The highest BCUT2D eigenvalue weighted by Crippen LogP contribution is 2.32. The number of sulfonamides is 1. The number of aryl methyl sites for hydroxylation is 2. The zero-order chi connectivity index (χ0) is 25.1. The zero-order valence-corrected chi connectivity index (χ0v) is 20.8. The summed E-state index contributed by atoms with van der Waals surface area (Å²) in [4.78, 5) is 4.25. The average Bonchev–Trinajstić information content (AvgIpc) is 2.90. The van der Waals surface area contributed by atoms with E-state index in [4.69, 9.17) is 0 Å². The molecule has 0 bridgehead atoms. The lowest BCUT2D eigenvalue weighted by Crippen LogP contribution is -2.24. The second-order valence-electron chi connectivity index (χ2n) is 8.60. The molecular formula is C28H25N5O2S. The molecule has 36 heavy (non-hydrogen) atoms. The van der Waals surface area contributed by atoms with E-state index >= 15 is 0 Å². The summed E-state index contributed by atoms with van der Waals surface area (Å²) >= 11 is 0. The molecule has 0 saturated heterocycles. The van der Waals surface area contributed by atoms with E-state index in [1.165, 1.54) is 5.56 Å². The first kappa shape index (κ1) is 23.6. The Labute approximate surface area is 210 Å². The van der Waals surface area contributed by atoms with Gasteiger partial charge >= 0.3 is 0 Å². The van der Waals surface area contributed by atoms with Crippen LogP contribution in [0.25, 0.3) is 22.0 Å². The zero-order valence-electron chi connectivity index (χ0n) is 19.9. The molecule has 0 aliphatic heterocycles. The fourth-order valence-corrected chi connectivity index (χ4v) is 5.26. The Bertz CT molecular complexity index is 1640. The number of benzene rings is 3. The van der Waals surface area contributed by atoms with Crippen LogP contribution >= 0.6 is 0 Å². The maximum absolute atomic E-state index is 13.2. The highest BCUT2D eigenvalue weighted by Gasteiger charge is 2.19. The topological polar surface area (TPSA) is 96.9 Å². The number of anilines is 2. The van der Waals surface area contributed by atoms with E-state index in [0.29, 0.717) is 22.6 Å². The molecule has 7 nitrogen and oxygen atoms in total. The molecule has 8 heteroatoms. The molecule has 0 aliphatic rings. The predicted octanol–water partition coefficient (Wildman–Crippen LogP) is 5.53. The van der Waals surface area contributed by atoms with Crippen LogP contribution in [0.4, 0.5) is 11.5 Å². The first-order chi connectivity index (χ1) is 17.4. The summed E-state index contributed by atoms with van der Waals surface area (Å²) in [5, 5.41) is 14.1. The number of pyridine rings is 1. The number of nitrogens with one attached hydrogen (secondary N) is 2. The Morgan fingerprint density at radius 3 is 2.36 bits per heavy atom. The van der Waals surface area contributed by atoms with Gasteiger partial charge in [0.2, 0.25) is 10.0 Å². The third-order valence-corrected chi connectivity index (χ3v) is 7.49. The van der Waals surface area contributed by atoms with Crippen molar-refractivity contribution in [2.75, 3.05) is 5.32 Å². The van der Waals surface area contributed by atoms with E-state index < -0.39 is 10.0 Å². The molecule has 0 aliphatic carbocycles. The summed E-state index contributed by atoms with van der Waals surface area (Å²) in [5.41, 5.74) is 4.80. The van der Waals surface area contributed by atoms with Gasteiger partial charge in [-0.25, -0.2) is 13.1 Å². The van der Waals surface area contributed by atoms with E-state index in [9.17, 15) is 8.42 Å². The summed E-state index contributed by atoms with van der Waals surface area (Å²) < 4.78 is 29.0. The van der Waals surface area contributed by atoms with E-state index in [1.807, 2.05) is 67.6 Å². The standard InChI is InChI=1S/C28H25N5O2S/c1-19-9-13-23(14-10-19)31-28-25-8-4-3-7-24(25)27(32-33-28)22-12-11-20(2)26(16-22)36(34,35)30-18-21-6-5-15-29-17-21/h3-17,30H,18H2,1-2H3,(H,31,33). The summed E-state index contributed by atoms with van der Waals surface area (Å²) in [6.45, 7) is 3.97. The molecule has 2 N–H and O–H groups in total. The average molecular weight is 496 g/mol. The first-order valence-corrected chi connectivity index (χ1v) is 13.0. The summed E-state index contributed by atoms with van der Waals surface area (Å²) in [6, 6.07) is 24.8. The lowest BCUT2D eigenvalue weighted by molar-refractivity contribution is 0.580. The molecule has 3 aromatic carbocycles. The van der Waals surface area contributed by atoms with E-state index in [2.05, 4.69) is 25.2 Å². The molecule has 2 heterocycles. The molecule has 5 aromatic rings. The third kappa shape index (κ3) is 4.95. The van der Waals surface area contributed by atoms with Gasteiger partial charge in [-0.3, -0.25) is 4.98 Å². The maximum atomic E-state index is 13.2. The van der Waals surface area contributed by atoms with Crippen LogP contribution in [0.15, 0.2) is 96.2 Å². The summed E-state index contributed by atoms with van der Waals surface area (Å²) in [5.74, 6) is 0.635. The van der Waals surface area contributed by atoms with Crippen LogP contribution in [0, 0.1) is 13.8 Å². The Morgan fingerprint density at radius 2 is 1.61 bits per heavy atom. The second-order valence-corrected chi connectivity index (χ2v) is 10.3. The fraction of sp³-hybridized carbons (Fsp3) is 0.107. The number of fused-ring (bicyclic) bond motifs is 1. The van der Waals surface area contributed by atoms with Crippen molar-refractivity contribution in [1.29, 1.82) is 0 Å². The van der Waals surface area contributed by atoms with Gasteiger partial charge in [0.25, 0.3) is 0 Å². The van der Waals surface area contributed by atoms with Crippen molar-refractivity contribution >= 4 is 32.3 Å². The minimum atomic E-state index is -3.76. The molecule has 0 saturated carbocycles. The van der Waals surface area contributed by atoms with E-state index in [0.717, 1.165) is 22.0 Å². The SMILES string of the molecule is Cc1ccc(Nc2nnc(-c3ccc(C)c(S(=O)(=O)NCc4cccnc4)c3)c3ccccc23)cc1. The Balaban J connectivity index is 1.51. The van der Waals surface area contributed by atoms with Gasteiger partial charge in [0.15, 0.2) is 5.82 Å². The van der Waals surface area contributed by atoms with Crippen molar-refractivity contribution in [3.8, 4) is 11.3 Å². The Kier molecular flexibility index (Phi) is 6.45. The molecule has 0 atom stereocenters. The minimum absolute atomic E-state index is 0.155. The number of hydrogen-bond acceptors (Lipinski definition) is 6. The molecule has 0 radical (unpaired) electrons. The van der Waals surface area contributed by atoms with Crippen molar-refractivity contribution in [3.63, 3.8) is 0 Å². The van der Waals surface area contributed by atoms with Crippen molar-refractivity contribution in [1.82, 2.24) is 19.9 Å². The van der Waals surface area contributed by atoms with Gasteiger partial charge in [0.05, 0.1) is 4.90 Å². The van der Waals surface area contributed by atoms with Gasteiger partial charge in [-0.1, -0.05) is 60.2 Å². The van der Waals surface area contributed by atoms with Gasteiger partial charge in [0.1, 0.15) is 5.69 Å². The highest BCUT2D eigenvalue weighted by atomic mass is 32.2. The van der Waals surface area contributed by atoms with Gasteiger partial charge in [-0.15, -0.1) is 10.2 Å². The fourth-order valence-electron chi connectivity index (χ4n) is 3.98. The van der Waals surface area contributed by atoms with Crippen LogP contribution in [0.1, 0.15) is 16.7 Å². The Hall–Kier alpha value is -4.14. The smallest absolute Gasteiger partial charge is 0.241 e. The van der Waals surface area contributed by atoms with Crippen LogP contribution in [0.2, 0.25) is 0 Å². The normalized spacial score (nSPS) is 11.5. The lowest BCUT2D eigenvalue weighted by Gasteiger charge is -2.14.